The fourth-order valence-corrected chi connectivity index (χ4v) is 3.32. The largest absolute Gasteiger partial charge is 0.497 e. The molecule has 0 N–H and O–H groups in total. The van der Waals surface area contributed by atoms with Gasteiger partial charge in [-0.25, -0.2) is 4.39 Å². The minimum absolute atomic E-state index is 0.0886. The molecule has 6 heteroatoms. The molecule has 0 saturated carbocycles. The number of benzene rings is 3. The summed E-state index contributed by atoms with van der Waals surface area (Å²) < 4.78 is 36.3. The standard InChI is InChI=1S/C24H21FO5/c1-27-21-9-5-6-16(10-21)11-22(26)28-14-18-12-20(25)13-19-15-29-24(30-23(18)19)17-7-3-2-4-8-17/h2-10,12-13,24H,11,14-15H2,1H3/t24-/m0/s1. The molecule has 0 unspecified atom stereocenters. The second-order valence-electron chi connectivity index (χ2n) is 6.91. The Morgan fingerprint density at radius 1 is 1.10 bits per heavy atom. The van der Waals surface area contributed by atoms with E-state index in [9.17, 15) is 9.18 Å². The third kappa shape index (κ3) is 4.60. The first-order valence-electron chi connectivity index (χ1n) is 9.55. The van der Waals surface area contributed by atoms with Gasteiger partial charge in [-0.15, -0.1) is 0 Å². The summed E-state index contributed by atoms with van der Waals surface area (Å²) in [5, 5.41) is 0. The number of ether oxygens (including phenoxy) is 4. The molecule has 3 aromatic rings. The first-order chi connectivity index (χ1) is 14.6. The van der Waals surface area contributed by atoms with Crippen LogP contribution < -0.4 is 9.47 Å². The highest BCUT2D eigenvalue weighted by atomic mass is 19.1. The summed E-state index contributed by atoms with van der Waals surface area (Å²) in [4.78, 5) is 12.3. The second kappa shape index (κ2) is 8.97. The topological polar surface area (TPSA) is 54.0 Å². The summed E-state index contributed by atoms with van der Waals surface area (Å²) in [6.07, 6.45) is -0.513. The van der Waals surface area contributed by atoms with Crippen LogP contribution in [0, 0.1) is 5.82 Å². The maximum absolute atomic E-state index is 14.1. The Labute approximate surface area is 174 Å². The first kappa shape index (κ1) is 19.9. The average Bonchev–Trinajstić information content (AvgIpc) is 2.78. The van der Waals surface area contributed by atoms with Crippen LogP contribution in [-0.2, 0) is 33.9 Å². The van der Waals surface area contributed by atoms with Crippen molar-refractivity contribution in [2.24, 2.45) is 0 Å². The van der Waals surface area contributed by atoms with Crippen molar-refractivity contribution < 1.29 is 28.1 Å². The number of hydrogen-bond donors (Lipinski definition) is 0. The zero-order valence-electron chi connectivity index (χ0n) is 16.5. The van der Waals surface area contributed by atoms with E-state index in [-0.39, 0.29) is 19.6 Å². The molecule has 1 aliphatic heterocycles. The highest BCUT2D eigenvalue weighted by Crippen LogP contribution is 2.36. The van der Waals surface area contributed by atoms with Gasteiger partial charge in [-0.1, -0.05) is 42.5 Å². The number of methoxy groups -OCH3 is 1. The van der Waals surface area contributed by atoms with E-state index in [1.54, 1.807) is 19.2 Å². The van der Waals surface area contributed by atoms with Crippen molar-refractivity contribution in [3.05, 3.63) is 94.8 Å². The minimum Gasteiger partial charge on any atom is -0.497 e. The van der Waals surface area contributed by atoms with E-state index in [0.29, 0.717) is 22.6 Å². The average molecular weight is 408 g/mol. The van der Waals surface area contributed by atoms with Gasteiger partial charge in [0.05, 0.1) is 20.1 Å². The van der Waals surface area contributed by atoms with Crippen LogP contribution in [0.3, 0.4) is 0 Å². The molecular formula is C24H21FO5. The van der Waals surface area contributed by atoms with E-state index in [4.69, 9.17) is 18.9 Å². The summed E-state index contributed by atoms with van der Waals surface area (Å²) in [5.74, 6) is 0.302. The van der Waals surface area contributed by atoms with E-state index in [0.717, 1.165) is 11.1 Å². The van der Waals surface area contributed by atoms with E-state index in [2.05, 4.69) is 0 Å². The van der Waals surface area contributed by atoms with Crippen LogP contribution in [0.5, 0.6) is 11.5 Å². The number of carbonyl (C=O) groups is 1. The van der Waals surface area contributed by atoms with Crippen LogP contribution in [-0.4, -0.2) is 13.1 Å². The molecule has 0 radical (unpaired) electrons. The lowest BCUT2D eigenvalue weighted by Crippen LogP contribution is -2.20. The fourth-order valence-electron chi connectivity index (χ4n) is 3.32. The quantitative estimate of drug-likeness (QED) is 0.552. The summed E-state index contributed by atoms with van der Waals surface area (Å²) in [7, 11) is 1.57. The number of carbonyl (C=O) groups excluding carboxylic acids is 1. The van der Waals surface area contributed by atoms with Crippen LogP contribution in [0.15, 0.2) is 66.7 Å². The predicted molar refractivity (Wildman–Crippen MR) is 107 cm³/mol. The third-order valence-electron chi connectivity index (χ3n) is 4.77. The van der Waals surface area contributed by atoms with Crippen LogP contribution >= 0.6 is 0 Å². The minimum atomic E-state index is -0.601. The van der Waals surface area contributed by atoms with Crippen LogP contribution in [0.4, 0.5) is 4.39 Å². The Kier molecular flexibility index (Phi) is 5.95. The van der Waals surface area contributed by atoms with Crippen molar-refractivity contribution >= 4 is 5.97 Å². The third-order valence-corrected chi connectivity index (χ3v) is 4.77. The molecular weight excluding hydrogens is 387 g/mol. The van der Waals surface area contributed by atoms with Crippen molar-refractivity contribution in [3.63, 3.8) is 0 Å². The van der Waals surface area contributed by atoms with Gasteiger partial charge in [0.1, 0.15) is 23.9 Å². The number of rotatable bonds is 6. The molecule has 154 valence electrons. The lowest BCUT2D eigenvalue weighted by atomic mass is 10.1. The van der Waals surface area contributed by atoms with E-state index >= 15 is 0 Å². The summed E-state index contributed by atoms with van der Waals surface area (Å²) in [5.41, 5.74) is 2.68. The smallest absolute Gasteiger partial charge is 0.310 e. The fraction of sp³-hybridized carbons (Fsp3) is 0.208. The Hall–Kier alpha value is -3.38. The molecule has 0 aliphatic carbocycles. The van der Waals surface area contributed by atoms with Crippen molar-refractivity contribution in [2.75, 3.05) is 7.11 Å². The van der Waals surface area contributed by atoms with Gasteiger partial charge in [-0.05, 0) is 29.8 Å². The van der Waals surface area contributed by atoms with E-state index in [1.165, 1.54) is 12.1 Å². The SMILES string of the molecule is COc1cccc(CC(=O)OCc2cc(F)cc3c2O[C@@H](c2ccccc2)OC3)c1. The lowest BCUT2D eigenvalue weighted by molar-refractivity contribution is -0.144. The normalized spacial score (nSPS) is 15.1. The number of fused-ring (bicyclic) bond motifs is 1. The van der Waals surface area contributed by atoms with Crippen LogP contribution in [0.2, 0.25) is 0 Å². The molecule has 0 saturated heterocycles. The summed E-state index contributed by atoms with van der Waals surface area (Å²) >= 11 is 0. The van der Waals surface area contributed by atoms with Crippen molar-refractivity contribution in [2.45, 2.75) is 25.9 Å². The number of halogens is 1. The van der Waals surface area contributed by atoms with Crippen LogP contribution in [0.25, 0.3) is 0 Å². The monoisotopic (exact) mass is 408 g/mol. The van der Waals surface area contributed by atoms with E-state index < -0.39 is 18.1 Å². The highest BCUT2D eigenvalue weighted by molar-refractivity contribution is 5.72. The molecule has 1 aliphatic rings. The molecule has 3 aromatic carbocycles. The van der Waals surface area contributed by atoms with Crippen molar-refractivity contribution in [1.29, 1.82) is 0 Å². The lowest BCUT2D eigenvalue weighted by Gasteiger charge is -2.28. The molecule has 1 heterocycles. The maximum Gasteiger partial charge on any atom is 0.310 e. The highest BCUT2D eigenvalue weighted by Gasteiger charge is 2.25. The number of hydrogen-bond acceptors (Lipinski definition) is 5. The number of esters is 1. The van der Waals surface area contributed by atoms with Crippen molar-refractivity contribution in [3.8, 4) is 11.5 Å². The first-order valence-corrected chi connectivity index (χ1v) is 9.55. The zero-order valence-corrected chi connectivity index (χ0v) is 16.5. The molecule has 4 rings (SSSR count). The molecule has 1 atom stereocenters. The van der Waals surface area contributed by atoms with E-state index in [1.807, 2.05) is 42.5 Å². The van der Waals surface area contributed by atoms with Gasteiger partial charge in [0.15, 0.2) is 0 Å². The molecule has 0 spiro atoms. The Morgan fingerprint density at radius 2 is 1.93 bits per heavy atom. The molecule has 5 nitrogen and oxygen atoms in total. The Morgan fingerprint density at radius 3 is 2.73 bits per heavy atom. The van der Waals surface area contributed by atoms with Gasteiger partial charge in [-0.2, -0.15) is 0 Å². The maximum atomic E-state index is 14.1. The molecule has 30 heavy (non-hydrogen) atoms. The summed E-state index contributed by atoms with van der Waals surface area (Å²) in [6, 6.07) is 19.4. The zero-order chi connectivity index (χ0) is 20.9. The molecule has 0 amide bonds. The van der Waals surface area contributed by atoms with Crippen molar-refractivity contribution in [1.82, 2.24) is 0 Å². The van der Waals surface area contributed by atoms with Gasteiger partial charge in [0.2, 0.25) is 6.29 Å². The van der Waals surface area contributed by atoms with Gasteiger partial charge in [0, 0.05) is 16.7 Å². The van der Waals surface area contributed by atoms with Gasteiger partial charge < -0.3 is 18.9 Å². The summed E-state index contributed by atoms with van der Waals surface area (Å²) in [6.45, 7) is 0.113. The predicted octanol–water partition coefficient (Wildman–Crippen LogP) is 4.73. The molecule has 0 aromatic heterocycles. The Bertz CT molecular complexity index is 1040. The van der Waals surface area contributed by atoms with Crippen LogP contribution in [0.1, 0.15) is 28.5 Å². The Balaban J connectivity index is 1.47. The van der Waals surface area contributed by atoms with Gasteiger partial charge >= 0.3 is 5.97 Å². The molecule has 0 fully saturated rings. The van der Waals surface area contributed by atoms with Gasteiger partial charge in [-0.3, -0.25) is 4.79 Å². The second-order valence-corrected chi connectivity index (χ2v) is 6.91. The van der Waals surface area contributed by atoms with Gasteiger partial charge in [0.25, 0.3) is 0 Å². The molecule has 0 bridgehead atoms.